The summed E-state index contributed by atoms with van der Waals surface area (Å²) in [5.41, 5.74) is 0. The van der Waals surface area contributed by atoms with E-state index in [0.29, 0.717) is 12.8 Å². The Balaban J connectivity index is 1.68. The molecule has 0 bridgehead atoms. The van der Waals surface area contributed by atoms with Gasteiger partial charge in [-0.2, -0.15) is 0 Å². The summed E-state index contributed by atoms with van der Waals surface area (Å²) in [6.07, 6.45) is 71.2. The van der Waals surface area contributed by atoms with Crippen molar-refractivity contribution in [2.45, 2.75) is 267 Å². The number of rotatable bonds is 51. The molecule has 2 aliphatic rings. The minimum Gasteiger partial charge on any atom is -0.394 e. The number of hydrogen-bond donors (Lipinski definition) is 9. The van der Waals surface area contributed by atoms with Gasteiger partial charge in [-0.3, -0.25) is 4.79 Å². The summed E-state index contributed by atoms with van der Waals surface area (Å²) in [5.74, 6) is -0.281. The van der Waals surface area contributed by atoms with Crippen molar-refractivity contribution in [1.29, 1.82) is 0 Å². The Hall–Kier alpha value is -4.65. The Kier molecular flexibility index (Phi) is 50.9. The quantitative estimate of drug-likeness (QED) is 0.0204. The van der Waals surface area contributed by atoms with E-state index >= 15 is 0 Å². The summed E-state index contributed by atoms with van der Waals surface area (Å²) in [6.45, 7) is 2.60. The lowest BCUT2D eigenvalue weighted by Gasteiger charge is -2.46. The maximum atomic E-state index is 13.3. The Morgan fingerprint density at radius 1 is 0.420 bits per heavy atom. The first-order valence-corrected chi connectivity index (χ1v) is 33.4. The molecular formula is C74H117NO13. The lowest BCUT2D eigenvalue weighted by Crippen LogP contribution is -2.65. The zero-order chi connectivity index (χ0) is 63.8. The first kappa shape index (κ1) is 79.4. The number of carbonyl (C=O) groups excluding carboxylic acids is 1. The molecule has 1 amide bonds. The number of ether oxygens (including phenoxy) is 4. The van der Waals surface area contributed by atoms with Gasteiger partial charge in [0.2, 0.25) is 5.91 Å². The van der Waals surface area contributed by atoms with Gasteiger partial charge in [-0.1, -0.05) is 229 Å². The zero-order valence-corrected chi connectivity index (χ0v) is 53.6. The first-order valence-electron chi connectivity index (χ1n) is 33.4. The maximum absolute atomic E-state index is 13.3. The van der Waals surface area contributed by atoms with E-state index in [2.05, 4.69) is 177 Å². The van der Waals surface area contributed by atoms with Crippen LogP contribution >= 0.6 is 0 Å². The number of carbonyl (C=O) groups is 1. The molecule has 0 aromatic heterocycles. The van der Waals surface area contributed by atoms with Crippen LogP contribution in [0.4, 0.5) is 0 Å². The van der Waals surface area contributed by atoms with Crippen LogP contribution in [0, 0.1) is 0 Å². The molecule has 0 radical (unpaired) electrons. The van der Waals surface area contributed by atoms with Crippen LogP contribution in [0.25, 0.3) is 0 Å². The van der Waals surface area contributed by atoms with Crippen molar-refractivity contribution in [3.8, 4) is 0 Å². The summed E-state index contributed by atoms with van der Waals surface area (Å²) in [6, 6.07) is -0.962. The lowest BCUT2D eigenvalue weighted by molar-refractivity contribution is -0.359. The minimum absolute atomic E-state index is 0.235. The molecule has 0 aromatic carbocycles. The summed E-state index contributed by atoms with van der Waals surface area (Å²) >= 11 is 0. The van der Waals surface area contributed by atoms with Crippen LogP contribution < -0.4 is 5.32 Å². The molecule has 9 N–H and O–H groups in total. The summed E-state index contributed by atoms with van der Waals surface area (Å²) < 4.78 is 22.7. The molecule has 12 atom stereocenters. The van der Waals surface area contributed by atoms with Gasteiger partial charge in [-0.25, -0.2) is 0 Å². The van der Waals surface area contributed by atoms with Crippen molar-refractivity contribution in [2.75, 3.05) is 19.8 Å². The van der Waals surface area contributed by atoms with E-state index in [4.69, 9.17) is 18.9 Å². The fraction of sp³-hybridized carbons (Fsp3) is 0.608. The number of nitrogens with one attached hydrogen (secondary N) is 1. The number of aliphatic hydroxyl groups is 8. The zero-order valence-electron chi connectivity index (χ0n) is 53.6. The predicted molar refractivity (Wildman–Crippen MR) is 359 cm³/mol. The largest absolute Gasteiger partial charge is 0.394 e. The second-order valence-corrected chi connectivity index (χ2v) is 22.5. The Labute approximate surface area is 530 Å². The fourth-order valence-electron chi connectivity index (χ4n) is 9.56. The van der Waals surface area contributed by atoms with Crippen LogP contribution in [0.5, 0.6) is 0 Å². The first-order chi connectivity index (χ1) is 43.1. The van der Waals surface area contributed by atoms with Crippen LogP contribution in [0.2, 0.25) is 0 Å². The van der Waals surface area contributed by atoms with Crippen molar-refractivity contribution < 1.29 is 64.6 Å². The van der Waals surface area contributed by atoms with Gasteiger partial charge in [0, 0.05) is 6.42 Å². The Morgan fingerprint density at radius 2 is 0.795 bits per heavy atom. The Morgan fingerprint density at radius 3 is 1.25 bits per heavy atom. The van der Waals surface area contributed by atoms with Gasteiger partial charge in [0.15, 0.2) is 12.6 Å². The highest BCUT2D eigenvalue weighted by Gasteiger charge is 2.51. The fourth-order valence-corrected chi connectivity index (χ4v) is 9.56. The SMILES string of the molecule is CC/C=C\C/C=C\C/C=C\C/C=C\C/C=C\C/C=C\C/C=C\C/C=C\C/C=C\C/C=C\C/C=C\CCCCCCCC(=O)NC(COC1OC(CO)C(OC2OC(CO)C(O)C(O)C2O)C(O)C1O)C(O)/C=C/CC/C=C/CC/C=C/CCCCCCC. The monoisotopic (exact) mass is 1230 g/mol. The summed E-state index contributed by atoms with van der Waals surface area (Å²) in [4.78, 5) is 13.3. The van der Waals surface area contributed by atoms with Crippen molar-refractivity contribution >= 4 is 5.91 Å². The van der Waals surface area contributed by atoms with E-state index in [1.54, 1.807) is 6.08 Å². The highest BCUT2D eigenvalue weighted by Crippen LogP contribution is 2.30. The third kappa shape index (κ3) is 40.2. The normalized spacial score (nSPS) is 24.3. The van der Waals surface area contributed by atoms with Gasteiger partial charge in [-0.15, -0.1) is 0 Å². The summed E-state index contributed by atoms with van der Waals surface area (Å²) in [5, 5.41) is 87.1. The van der Waals surface area contributed by atoms with Crippen molar-refractivity contribution in [3.63, 3.8) is 0 Å². The third-order valence-corrected chi connectivity index (χ3v) is 14.9. The number of amides is 1. The number of aliphatic hydroxyl groups excluding tert-OH is 8. The molecule has 496 valence electrons. The second kappa shape index (κ2) is 56.3. The molecule has 0 spiro atoms. The van der Waals surface area contributed by atoms with Gasteiger partial charge in [0.05, 0.1) is 32.0 Å². The van der Waals surface area contributed by atoms with Gasteiger partial charge in [-0.05, 0) is 128 Å². The highest BCUT2D eigenvalue weighted by molar-refractivity contribution is 5.76. The van der Waals surface area contributed by atoms with Gasteiger partial charge >= 0.3 is 0 Å². The van der Waals surface area contributed by atoms with E-state index in [-0.39, 0.29) is 18.9 Å². The van der Waals surface area contributed by atoms with E-state index in [1.165, 1.54) is 32.1 Å². The molecular weight excluding hydrogens is 1110 g/mol. The smallest absolute Gasteiger partial charge is 0.220 e. The maximum Gasteiger partial charge on any atom is 0.220 e. The van der Waals surface area contributed by atoms with Crippen LogP contribution in [0.1, 0.15) is 194 Å². The highest BCUT2D eigenvalue weighted by atomic mass is 16.7. The van der Waals surface area contributed by atoms with Crippen LogP contribution in [-0.2, 0) is 23.7 Å². The number of hydrogen-bond acceptors (Lipinski definition) is 13. The predicted octanol–water partition coefficient (Wildman–Crippen LogP) is 13.2. The van der Waals surface area contributed by atoms with Gasteiger partial charge < -0.3 is 65.1 Å². The molecule has 0 aliphatic carbocycles. The molecule has 14 heteroatoms. The lowest BCUT2D eigenvalue weighted by atomic mass is 9.97. The molecule has 2 aliphatic heterocycles. The molecule has 2 fully saturated rings. The average molecular weight is 1230 g/mol. The van der Waals surface area contributed by atoms with E-state index in [1.807, 2.05) is 6.08 Å². The number of allylic oxidation sites excluding steroid dienone is 27. The van der Waals surface area contributed by atoms with Crippen molar-refractivity contribution in [3.05, 3.63) is 170 Å². The second-order valence-electron chi connectivity index (χ2n) is 22.5. The molecule has 14 nitrogen and oxygen atoms in total. The van der Waals surface area contributed by atoms with Crippen molar-refractivity contribution in [2.24, 2.45) is 0 Å². The molecule has 2 heterocycles. The minimum atomic E-state index is -1.80. The van der Waals surface area contributed by atoms with Gasteiger partial charge in [0.25, 0.3) is 0 Å². The molecule has 2 rings (SSSR count). The Bertz CT molecular complexity index is 2130. The third-order valence-electron chi connectivity index (χ3n) is 14.9. The van der Waals surface area contributed by atoms with E-state index in [9.17, 15) is 45.6 Å². The van der Waals surface area contributed by atoms with Crippen molar-refractivity contribution in [1.82, 2.24) is 5.32 Å². The molecule has 0 aromatic rings. The average Bonchev–Trinajstić information content (AvgIpc) is 2.99. The topological polar surface area (TPSA) is 228 Å². The molecule has 2 saturated heterocycles. The number of unbranched alkanes of at least 4 members (excludes halogenated alkanes) is 12. The molecule has 88 heavy (non-hydrogen) atoms. The van der Waals surface area contributed by atoms with Crippen LogP contribution in [0.15, 0.2) is 170 Å². The standard InChI is InChI=1S/C74H117NO13/c1-3-5-7-9-11-13-15-17-19-20-21-22-23-24-25-26-27-28-29-30-31-32-33-34-35-36-37-38-39-40-41-42-44-46-48-50-52-54-56-58-66(79)75-62(63(78)57-55-53-51-49-47-45-43-18-16-14-12-10-8-6-4-2)61-85-73-71(84)69(82)72(65(60-77)87-73)88-74-70(83)68(81)67(80)64(59-76)86-74/h5,7,11,13,16-19,21-22,24-25,27-28,30-31,33-34,36-37,39-40,42,44,47,49,55,57,62-65,67-74,76-78,80-84H,3-4,6,8-10,12,14-15,20,23,26,29,32,35,38,41,43,45-46,48,50-54,56,58-61H2,1-2H3,(H,75,79)/b7-5-,13-11-,18-16+,19-17-,22-21-,25-24-,28-27-,31-30-,34-33-,37-36-,40-39-,44-42-,49-47+,57-55+. The summed E-state index contributed by atoms with van der Waals surface area (Å²) in [7, 11) is 0. The van der Waals surface area contributed by atoms with Crippen LogP contribution in [-0.4, -0.2) is 140 Å². The molecule has 0 saturated carbocycles. The molecule has 12 unspecified atom stereocenters. The van der Waals surface area contributed by atoms with E-state index in [0.717, 1.165) is 128 Å². The van der Waals surface area contributed by atoms with Crippen LogP contribution in [0.3, 0.4) is 0 Å². The van der Waals surface area contributed by atoms with E-state index < -0.39 is 86.8 Å². The van der Waals surface area contributed by atoms with Gasteiger partial charge in [0.1, 0.15) is 48.8 Å².